The number of hydrogen-bond donors (Lipinski definition) is 0. The zero-order chi connectivity index (χ0) is 46.7. The Hall–Kier alpha value is -6.58. The first kappa shape index (κ1) is 43.3. The molecule has 0 aliphatic heterocycles. The quantitative estimate of drug-likeness (QED) is 0.168. The predicted octanol–water partition coefficient (Wildman–Crippen LogP) is 18.0. The molecular formula is C63H65N3. The van der Waals surface area contributed by atoms with Gasteiger partial charge in [0.15, 0.2) is 0 Å². The Kier molecular flexibility index (Phi) is 10.0. The lowest BCUT2D eigenvalue weighted by Gasteiger charge is -2.29. The van der Waals surface area contributed by atoms with Crippen LogP contribution in [0.3, 0.4) is 0 Å². The van der Waals surface area contributed by atoms with Crippen LogP contribution < -0.4 is 4.90 Å². The summed E-state index contributed by atoms with van der Waals surface area (Å²) in [5.41, 5.74) is 17.2. The molecule has 2 heterocycles. The summed E-state index contributed by atoms with van der Waals surface area (Å²) in [5, 5.41) is 7.60. The lowest BCUT2D eigenvalue weighted by molar-refractivity contribution is 0.590. The van der Waals surface area contributed by atoms with Crippen molar-refractivity contribution in [2.45, 2.75) is 112 Å². The van der Waals surface area contributed by atoms with Crippen LogP contribution in [0.15, 0.2) is 158 Å². The number of nitrogens with zero attached hydrogens (tertiary/aromatic N) is 3. The van der Waals surface area contributed by atoms with E-state index < -0.39 is 0 Å². The zero-order valence-electron chi connectivity index (χ0n) is 41.4. The third-order valence-electron chi connectivity index (χ3n) is 14.0. The third kappa shape index (κ3) is 7.47. The van der Waals surface area contributed by atoms with Crippen molar-refractivity contribution in [3.63, 3.8) is 0 Å². The molecule has 0 unspecified atom stereocenters. The van der Waals surface area contributed by atoms with Gasteiger partial charge in [0.25, 0.3) is 0 Å². The number of rotatable bonds is 5. The summed E-state index contributed by atoms with van der Waals surface area (Å²) in [7, 11) is 0. The van der Waals surface area contributed by atoms with E-state index in [0.29, 0.717) is 0 Å². The van der Waals surface area contributed by atoms with Gasteiger partial charge >= 0.3 is 0 Å². The highest BCUT2D eigenvalue weighted by Gasteiger charge is 2.25. The van der Waals surface area contributed by atoms with Crippen molar-refractivity contribution < 1.29 is 0 Å². The third-order valence-corrected chi connectivity index (χ3v) is 14.0. The molecule has 0 bridgehead atoms. The van der Waals surface area contributed by atoms with Crippen molar-refractivity contribution in [2.24, 2.45) is 0 Å². The lowest BCUT2D eigenvalue weighted by atomic mass is 9.85. The summed E-state index contributed by atoms with van der Waals surface area (Å²) < 4.78 is 4.96. The highest BCUT2D eigenvalue weighted by Crippen LogP contribution is 2.44. The molecule has 0 saturated heterocycles. The number of aryl methyl sites for hydroxylation is 1. The summed E-state index contributed by atoms with van der Waals surface area (Å²) in [5.74, 6) is 0. The van der Waals surface area contributed by atoms with Crippen molar-refractivity contribution in [1.82, 2.24) is 9.13 Å². The Labute approximate surface area is 392 Å². The molecule has 0 fully saturated rings. The van der Waals surface area contributed by atoms with E-state index >= 15 is 0 Å². The number of fused-ring (bicyclic) bond motifs is 7. The van der Waals surface area contributed by atoms with Crippen LogP contribution in [-0.4, -0.2) is 9.13 Å². The molecular weight excluding hydrogens is 799 g/mol. The van der Waals surface area contributed by atoms with E-state index in [2.05, 4.69) is 262 Å². The van der Waals surface area contributed by atoms with Crippen LogP contribution in [0, 0.1) is 6.92 Å². The van der Waals surface area contributed by atoms with Crippen molar-refractivity contribution in [3.05, 3.63) is 186 Å². The van der Waals surface area contributed by atoms with Gasteiger partial charge in [-0.1, -0.05) is 150 Å². The number of hydrogen-bond acceptors (Lipinski definition) is 1. The minimum Gasteiger partial charge on any atom is -0.310 e. The normalized spacial score (nSPS) is 12.9. The van der Waals surface area contributed by atoms with Gasteiger partial charge in [0.2, 0.25) is 0 Å². The zero-order valence-corrected chi connectivity index (χ0v) is 41.4. The molecule has 0 amide bonds. The van der Waals surface area contributed by atoms with E-state index in [1.54, 1.807) is 0 Å². The molecule has 332 valence electrons. The van der Waals surface area contributed by atoms with Crippen LogP contribution in [0.2, 0.25) is 0 Å². The average Bonchev–Trinajstić information content (AvgIpc) is 3.77. The molecule has 66 heavy (non-hydrogen) atoms. The maximum atomic E-state index is 2.48. The molecule has 10 rings (SSSR count). The van der Waals surface area contributed by atoms with E-state index in [-0.39, 0.29) is 21.7 Å². The number of benzene rings is 8. The molecule has 0 aliphatic rings. The summed E-state index contributed by atoms with van der Waals surface area (Å²) in [4.78, 5) is 2.47. The second kappa shape index (κ2) is 15.2. The molecule has 10 aromatic rings. The molecule has 0 atom stereocenters. The minimum absolute atomic E-state index is 0.0279. The Morgan fingerprint density at radius 2 is 0.742 bits per heavy atom. The van der Waals surface area contributed by atoms with Crippen LogP contribution in [0.4, 0.5) is 17.1 Å². The Morgan fingerprint density at radius 3 is 1.18 bits per heavy atom. The van der Waals surface area contributed by atoms with Gasteiger partial charge in [-0.05, 0) is 158 Å². The summed E-state index contributed by atoms with van der Waals surface area (Å²) >= 11 is 0. The maximum absolute atomic E-state index is 2.48. The minimum atomic E-state index is 0.0279. The van der Waals surface area contributed by atoms with E-state index in [1.807, 2.05) is 0 Å². The number of aromatic nitrogens is 2. The molecule has 3 nitrogen and oxygen atoms in total. The van der Waals surface area contributed by atoms with Gasteiger partial charge in [-0.15, -0.1) is 0 Å². The molecule has 0 radical (unpaired) electrons. The van der Waals surface area contributed by atoms with Crippen LogP contribution in [0.25, 0.3) is 65.8 Å². The smallest absolute Gasteiger partial charge is 0.0541 e. The monoisotopic (exact) mass is 864 g/mol. The van der Waals surface area contributed by atoms with E-state index in [0.717, 1.165) is 28.4 Å². The lowest BCUT2D eigenvalue weighted by Crippen LogP contribution is -2.13. The molecule has 0 saturated carbocycles. The summed E-state index contributed by atoms with van der Waals surface area (Å²) in [6.45, 7) is 30.0. The first-order valence-electron chi connectivity index (χ1n) is 23.8. The Bertz CT molecular complexity index is 3380. The predicted molar refractivity (Wildman–Crippen MR) is 287 cm³/mol. The van der Waals surface area contributed by atoms with E-state index in [9.17, 15) is 0 Å². The second-order valence-electron chi connectivity index (χ2n) is 23.0. The van der Waals surface area contributed by atoms with E-state index in [4.69, 9.17) is 0 Å². The molecule has 0 N–H and O–H groups in total. The molecule has 8 aromatic carbocycles. The molecule has 2 aromatic heterocycles. The van der Waals surface area contributed by atoms with Crippen molar-refractivity contribution in [3.8, 4) is 11.4 Å². The second-order valence-corrected chi connectivity index (χ2v) is 23.0. The SMILES string of the molecule is Cc1ccc(-n2c3ccc(C(C)(C)C)cc3c3cc(C(C)(C)C)ccc32)cc1N(c1cccc(-n2c3ccc(C(C)(C)C)cc3c3cc(C(C)(C)C)ccc32)c1)c1ccc2ccccc2c1. The van der Waals surface area contributed by atoms with Crippen molar-refractivity contribution in [1.29, 1.82) is 0 Å². The van der Waals surface area contributed by atoms with Gasteiger partial charge in [-0.25, -0.2) is 0 Å². The highest BCUT2D eigenvalue weighted by molar-refractivity contribution is 6.11. The van der Waals surface area contributed by atoms with Gasteiger partial charge in [-0.2, -0.15) is 0 Å². The van der Waals surface area contributed by atoms with Crippen molar-refractivity contribution in [2.75, 3.05) is 4.90 Å². The molecule has 3 heteroatoms. The van der Waals surface area contributed by atoms with Gasteiger partial charge in [0.1, 0.15) is 0 Å². The van der Waals surface area contributed by atoms with Gasteiger partial charge < -0.3 is 14.0 Å². The van der Waals surface area contributed by atoms with Crippen LogP contribution in [-0.2, 0) is 21.7 Å². The molecule has 0 spiro atoms. The average molecular weight is 864 g/mol. The van der Waals surface area contributed by atoms with E-state index in [1.165, 1.54) is 82.2 Å². The summed E-state index contributed by atoms with van der Waals surface area (Å²) in [6.07, 6.45) is 0. The van der Waals surface area contributed by atoms with Crippen LogP contribution in [0.5, 0.6) is 0 Å². The van der Waals surface area contributed by atoms with Crippen molar-refractivity contribution >= 4 is 71.4 Å². The first-order chi connectivity index (χ1) is 31.1. The number of anilines is 3. The summed E-state index contributed by atoms with van der Waals surface area (Å²) in [6, 6.07) is 60.2. The largest absolute Gasteiger partial charge is 0.310 e. The fourth-order valence-corrected chi connectivity index (χ4v) is 9.96. The fraction of sp³-hybridized carbons (Fsp3) is 0.270. The maximum Gasteiger partial charge on any atom is 0.0541 e. The first-order valence-corrected chi connectivity index (χ1v) is 23.8. The highest BCUT2D eigenvalue weighted by atomic mass is 15.2. The standard InChI is InChI=1S/C63H65N3/c1-40-21-27-50(66-57-31-25-45(62(8,9)10)36-53(57)54-37-46(63(11,12)13)26-32-58(54)66)39-59(40)64(49-28-22-41-17-14-15-18-42(41)33-49)47-19-16-20-48(38-47)65-55-29-23-43(60(2,3)4)34-51(55)52-35-44(61(5,6)7)24-30-56(52)65/h14-39H,1-13H3. The van der Waals surface area contributed by atoms with Gasteiger partial charge in [0.05, 0.1) is 27.8 Å². The van der Waals surface area contributed by atoms with Crippen LogP contribution in [0.1, 0.15) is 111 Å². The fourth-order valence-electron chi connectivity index (χ4n) is 9.96. The van der Waals surface area contributed by atoms with Crippen LogP contribution >= 0.6 is 0 Å². The Morgan fingerprint density at radius 1 is 0.333 bits per heavy atom. The Balaban J connectivity index is 1.21. The topological polar surface area (TPSA) is 13.1 Å². The van der Waals surface area contributed by atoms with Gasteiger partial charge in [0, 0.05) is 44.3 Å². The van der Waals surface area contributed by atoms with Gasteiger partial charge in [-0.3, -0.25) is 0 Å². The molecule has 0 aliphatic carbocycles.